The highest BCUT2D eigenvalue weighted by Gasteiger charge is 2.08. The highest BCUT2D eigenvalue weighted by atomic mass is 19.1. The molecule has 0 saturated carbocycles. The molecule has 0 aliphatic carbocycles. The average Bonchev–Trinajstić information content (AvgIpc) is 2.38. The summed E-state index contributed by atoms with van der Waals surface area (Å²) in [6.45, 7) is -0.0430. The van der Waals surface area contributed by atoms with Crippen LogP contribution in [0, 0.1) is 5.82 Å². The van der Waals surface area contributed by atoms with E-state index in [1.807, 2.05) is 0 Å². The molecule has 2 aromatic rings. The SMILES string of the molecule is O=C(O)c1ccc(F)c(COc2cccnc2)c1. The normalized spacial score (nSPS) is 10.1. The van der Waals surface area contributed by atoms with Gasteiger partial charge in [0.1, 0.15) is 18.2 Å². The number of nitrogens with zero attached hydrogens (tertiary/aromatic N) is 1. The molecule has 0 spiro atoms. The average molecular weight is 247 g/mol. The third kappa shape index (κ3) is 2.82. The molecular weight excluding hydrogens is 237 g/mol. The Hall–Kier alpha value is -2.43. The molecule has 0 radical (unpaired) electrons. The quantitative estimate of drug-likeness (QED) is 0.901. The molecule has 4 nitrogen and oxygen atoms in total. The Morgan fingerprint density at radius 2 is 2.22 bits per heavy atom. The molecule has 1 aromatic carbocycles. The van der Waals surface area contributed by atoms with Gasteiger partial charge in [-0.1, -0.05) is 0 Å². The van der Waals surface area contributed by atoms with Gasteiger partial charge in [0.05, 0.1) is 11.8 Å². The van der Waals surface area contributed by atoms with Crippen molar-refractivity contribution in [2.45, 2.75) is 6.61 Å². The standard InChI is InChI=1S/C13H10FNO3/c14-12-4-3-9(13(16)17)6-10(12)8-18-11-2-1-5-15-7-11/h1-7H,8H2,(H,16,17). The van der Waals surface area contributed by atoms with E-state index in [0.29, 0.717) is 5.75 Å². The molecule has 5 heteroatoms. The van der Waals surface area contributed by atoms with E-state index in [1.165, 1.54) is 18.3 Å². The van der Waals surface area contributed by atoms with Crippen LogP contribution in [0.1, 0.15) is 15.9 Å². The molecular formula is C13H10FNO3. The summed E-state index contributed by atoms with van der Waals surface area (Å²) in [5.74, 6) is -1.10. The molecule has 1 heterocycles. The summed E-state index contributed by atoms with van der Waals surface area (Å²) in [6, 6.07) is 6.97. The van der Waals surface area contributed by atoms with Gasteiger partial charge in [0, 0.05) is 11.8 Å². The Kier molecular flexibility index (Phi) is 3.52. The summed E-state index contributed by atoms with van der Waals surface area (Å²) in [5.41, 5.74) is 0.222. The number of halogens is 1. The second-order valence-electron chi connectivity index (χ2n) is 3.59. The number of carboxylic acid groups (broad SMARTS) is 1. The van der Waals surface area contributed by atoms with E-state index in [0.717, 1.165) is 6.07 Å². The van der Waals surface area contributed by atoms with E-state index in [2.05, 4.69) is 4.98 Å². The van der Waals surface area contributed by atoms with Crippen LogP contribution in [0.3, 0.4) is 0 Å². The van der Waals surface area contributed by atoms with Crippen LogP contribution in [-0.2, 0) is 6.61 Å². The minimum absolute atomic E-state index is 0.0289. The molecule has 2 rings (SSSR count). The Labute approximate surface area is 103 Å². The first-order valence-corrected chi connectivity index (χ1v) is 5.21. The van der Waals surface area contributed by atoms with E-state index >= 15 is 0 Å². The van der Waals surface area contributed by atoms with Crippen molar-refractivity contribution < 1.29 is 19.0 Å². The summed E-state index contributed by atoms with van der Waals surface area (Å²) < 4.78 is 18.8. The number of aromatic nitrogens is 1. The molecule has 0 bridgehead atoms. The zero-order valence-corrected chi connectivity index (χ0v) is 9.34. The maximum Gasteiger partial charge on any atom is 0.335 e. The second-order valence-corrected chi connectivity index (χ2v) is 3.59. The number of aromatic carboxylic acids is 1. The summed E-state index contributed by atoms with van der Waals surface area (Å²) in [5, 5.41) is 8.81. The number of carboxylic acids is 1. The number of carbonyl (C=O) groups is 1. The fourth-order valence-electron chi connectivity index (χ4n) is 1.41. The number of hydrogen-bond acceptors (Lipinski definition) is 3. The number of hydrogen-bond donors (Lipinski definition) is 1. The van der Waals surface area contributed by atoms with Gasteiger partial charge < -0.3 is 9.84 Å². The Morgan fingerprint density at radius 3 is 2.89 bits per heavy atom. The van der Waals surface area contributed by atoms with E-state index in [4.69, 9.17) is 9.84 Å². The lowest BCUT2D eigenvalue weighted by Gasteiger charge is -2.07. The van der Waals surface area contributed by atoms with Gasteiger partial charge in [-0.05, 0) is 30.3 Å². The van der Waals surface area contributed by atoms with Gasteiger partial charge in [-0.2, -0.15) is 0 Å². The van der Waals surface area contributed by atoms with Crippen molar-refractivity contribution >= 4 is 5.97 Å². The van der Waals surface area contributed by atoms with Crippen molar-refractivity contribution in [3.8, 4) is 5.75 Å². The Morgan fingerprint density at radius 1 is 1.39 bits per heavy atom. The first kappa shape index (κ1) is 12.0. The molecule has 0 fully saturated rings. The lowest BCUT2D eigenvalue weighted by atomic mass is 10.1. The van der Waals surface area contributed by atoms with Crippen molar-refractivity contribution in [1.29, 1.82) is 0 Å². The Balaban J connectivity index is 2.14. The van der Waals surface area contributed by atoms with Crippen molar-refractivity contribution in [2.24, 2.45) is 0 Å². The van der Waals surface area contributed by atoms with Crippen LogP contribution in [0.5, 0.6) is 5.75 Å². The number of benzene rings is 1. The zero-order valence-electron chi connectivity index (χ0n) is 9.34. The minimum Gasteiger partial charge on any atom is -0.487 e. The van der Waals surface area contributed by atoms with Gasteiger partial charge in [-0.3, -0.25) is 4.98 Å². The Bertz CT molecular complexity index is 557. The maximum atomic E-state index is 13.4. The third-order valence-corrected chi connectivity index (χ3v) is 2.32. The first-order chi connectivity index (χ1) is 8.66. The van der Waals surface area contributed by atoms with Gasteiger partial charge >= 0.3 is 5.97 Å². The molecule has 0 aliphatic rings. The van der Waals surface area contributed by atoms with Crippen LogP contribution in [0.4, 0.5) is 4.39 Å². The first-order valence-electron chi connectivity index (χ1n) is 5.21. The molecule has 1 N–H and O–H groups in total. The smallest absolute Gasteiger partial charge is 0.335 e. The molecule has 0 amide bonds. The number of ether oxygens (including phenoxy) is 1. The summed E-state index contributed by atoms with van der Waals surface area (Å²) in [7, 11) is 0. The molecule has 0 saturated heterocycles. The minimum atomic E-state index is -1.10. The molecule has 92 valence electrons. The summed E-state index contributed by atoms with van der Waals surface area (Å²) in [6.07, 6.45) is 3.09. The largest absolute Gasteiger partial charge is 0.487 e. The summed E-state index contributed by atoms with van der Waals surface area (Å²) in [4.78, 5) is 14.6. The predicted molar refractivity (Wildman–Crippen MR) is 61.9 cm³/mol. The van der Waals surface area contributed by atoms with Gasteiger partial charge in [0.25, 0.3) is 0 Å². The van der Waals surface area contributed by atoms with Crippen molar-refractivity contribution in [1.82, 2.24) is 4.98 Å². The van der Waals surface area contributed by atoms with Gasteiger partial charge in [0.15, 0.2) is 0 Å². The molecule has 18 heavy (non-hydrogen) atoms. The van der Waals surface area contributed by atoms with E-state index in [9.17, 15) is 9.18 Å². The van der Waals surface area contributed by atoms with Gasteiger partial charge in [-0.25, -0.2) is 9.18 Å². The molecule has 0 aliphatic heterocycles. The fourth-order valence-corrected chi connectivity index (χ4v) is 1.41. The monoisotopic (exact) mass is 247 g/mol. The van der Waals surface area contributed by atoms with Crippen molar-refractivity contribution in [2.75, 3.05) is 0 Å². The highest BCUT2D eigenvalue weighted by molar-refractivity contribution is 5.87. The van der Waals surface area contributed by atoms with Gasteiger partial charge in [-0.15, -0.1) is 0 Å². The van der Waals surface area contributed by atoms with Crippen LogP contribution in [0.25, 0.3) is 0 Å². The summed E-state index contributed by atoms with van der Waals surface area (Å²) >= 11 is 0. The van der Waals surface area contributed by atoms with E-state index < -0.39 is 11.8 Å². The van der Waals surface area contributed by atoms with Crippen molar-refractivity contribution in [3.63, 3.8) is 0 Å². The number of rotatable bonds is 4. The van der Waals surface area contributed by atoms with Crippen LogP contribution in [0.2, 0.25) is 0 Å². The van der Waals surface area contributed by atoms with E-state index in [-0.39, 0.29) is 17.7 Å². The lowest BCUT2D eigenvalue weighted by molar-refractivity contribution is 0.0696. The lowest BCUT2D eigenvalue weighted by Crippen LogP contribution is -2.03. The zero-order chi connectivity index (χ0) is 13.0. The van der Waals surface area contributed by atoms with Crippen LogP contribution < -0.4 is 4.74 Å². The van der Waals surface area contributed by atoms with E-state index in [1.54, 1.807) is 18.3 Å². The van der Waals surface area contributed by atoms with Crippen LogP contribution >= 0.6 is 0 Å². The molecule has 1 aromatic heterocycles. The third-order valence-electron chi connectivity index (χ3n) is 2.32. The fraction of sp³-hybridized carbons (Fsp3) is 0.0769. The molecule has 0 atom stereocenters. The number of pyridine rings is 1. The highest BCUT2D eigenvalue weighted by Crippen LogP contribution is 2.14. The van der Waals surface area contributed by atoms with Crippen molar-refractivity contribution in [3.05, 3.63) is 59.7 Å². The second kappa shape index (κ2) is 5.27. The predicted octanol–water partition coefficient (Wildman–Crippen LogP) is 2.50. The maximum absolute atomic E-state index is 13.4. The van der Waals surface area contributed by atoms with Gasteiger partial charge in [0.2, 0.25) is 0 Å². The van der Waals surface area contributed by atoms with Crippen LogP contribution in [-0.4, -0.2) is 16.1 Å². The molecule has 0 unspecified atom stereocenters. The topological polar surface area (TPSA) is 59.4 Å². The van der Waals surface area contributed by atoms with Crippen LogP contribution in [0.15, 0.2) is 42.7 Å².